The highest BCUT2D eigenvalue weighted by Gasteiger charge is 2.26. The number of hydrogen-bond acceptors (Lipinski definition) is 6. The predicted molar refractivity (Wildman–Crippen MR) is 132 cm³/mol. The first-order valence-electron chi connectivity index (χ1n) is 11.4. The molecular formula is C25H29ClN6O2. The van der Waals surface area contributed by atoms with E-state index in [1.165, 1.54) is 0 Å². The van der Waals surface area contributed by atoms with E-state index in [9.17, 15) is 4.79 Å². The van der Waals surface area contributed by atoms with Gasteiger partial charge in [0.05, 0.1) is 34.3 Å². The Kier molecular flexibility index (Phi) is 6.70. The zero-order valence-corrected chi connectivity index (χ0v) is 21.0. The summed E-state index contributed by atoms with van der Waals surface area (Å²) >= 11 is 6.27. The maximum Gasteiger partial charge on any atom is 0.255 e. The fourth-order valence-corrected chi connectivity index (χ4v) is 3.95. The molecule has 0 unspecified atom stereocenters. The maximum atomic E-state index is 13.8. The van der Waals surface area contributed by atoms with Gasteiger partial charge in [0.15, 0.2) is 5.65 Å². The van der Waals surface area contributed by atoms with Crippen LogP contribution in [-0.2, 0) is 6.54 Å². The van der Waals surface area contributed by atoms with Crippen LogP contribution in [0.4, 0.5) is 0 Å². The Morgan fingerprint density at radius 2 is 1.85 bits per heavy atom. The highest BCUT2D eigenvalue weighted by molar-refractivity contribution is 6.33. The summed E-state index contributed by atoms with van der Waals surface area (Å²) in [5, 5.41) is 14.1. The van der Waals surface area contributed by atoms with Gasteiger partial charge in [-0.1, -0.05) is 37.6 Å². The maximum absolute atomic E-state index is 13.8. The molecule has 9 heteroatoms. The van der Waals surface area contributed by atoms with Crippen LogP contribution < -0.4 is 0 Å². The fourth-order valence-electron chi connectivity index (χ4n) is 3.74. The fraction of sp³-hybridized carbons (Fsp3) is 0.400. The van der Waals surface area contributed by atoms with Crippen LogP contribution in [0.5, 0.6) is 0 Å². The van der Waals surface area contributed by atoms with Crippen molar-refractivity contribution in [2.75, 3.05) is 0 Å². The molecule has 0 N–H and O–H groups in total. The molecule has 1 aromatic carbocycles. The first kappa shape index (κ1) is 23.9. The summed E-state index contributed by atoms with van der Waals surface area (Å²) in [5.74, 6) is 0.686. The van der Waals surface area contributed by atoms with Crippen LogP contribution in [0.1, 0.15) is 75.4 Å². The van der Waals surface area contributed by atoms with Gasteiger partial charge in [-0.15, -0.1) is 10.2 Å². The van der Waals surface area contributed by atoms with E-state index in [0.29, 0.717) is 33.6 Å². The summed E-state index contributed by atoms with van der Waals surface area (Å²) < 4.78 is 7.73. The molecule has 0 fully saturated rings. The summed E-state index contributed by atoms with van der Waals surface area (Å²) in [5.41, 5.74) is 2.79. The minimum Gasteiger partial charge on any atom is -0.419 e. The van der Waals surface area contributed by atoms with Crippen molar-refractivity contribution in [2.45, 2.75) is 66.1 Å². The molecular weight excluding hydrogens is 452 g/mol. The van der Waals surface area contributed by atoms with Gasteiger partial charge in [0.25, 0.3) is 5.91 Å². The van der Waals surface area contributed by atoms with Crippen molar-refractivity contribution in [3.8, 4) is 11.5 Å². The van der Waals surface area contributed by atoms with Crippen molar-refractivity contribution in [3.05, 3.63) is 58.7 Å². The quantitative estimate of drug-likeness (QED) is 0.327. The Labute approximate surface area is 203 Å². The molecule has 0 aliphatic rings. The molecule has 0 radical (unpaired) electrons. The van der Waals surface area contributed by atoms with E-state index in [0.717, 1.165) is 11.1 Å². The average molecular weight is 481 g/mol. The van der Waals surface area contributed by atoms with E-state index in [4.69, 9.17) is 21.0 Å². The number of fused-ring (bicyclic) bond motifs is 1. The molecule has 4 aromatic rings. The van der Waals surface area contributed by atoms with E-state index < -0.39 is 0 Å². The van der Waals surface area contributed by atoms with Gasteiger partial charge in [-0.05, 0) is 51.8 Å². The van der Waals surface area contributed by atoms with E-state index in [-0.39, 0.29) is 30.5 Å². The van der Waals surface area contributed by atoms with Crippen LogP contribution in [0.2, 0.25) is 5.02 Å². The first-order valence-corrected chi connectivity index (χ1v) is 11.8. The minimum absolute atomic E-state index is 0.103. The van der Waals surface area contributed by atoms with Crippen molar-refractivity contribution >= 4 is 28.5 Å². The second-order valence-corrected chi connectivity index (χ2v) is 9.58. The summed E-state index contributed by atoms with van der Waals surface area (Å²) in [7, 11) is 0. The molecule has 4 rings (SSSR count). The highest BCUT2D eigenvalue weighted by Crippen LogP contribution is 2.28. The number of benzene rings is 1. The van der Waals surface area contributed by atoms with Gasteiger partial charge < -0.3 is 9.32 Å². The summed E-state index contributed by atoms with van der Waals surface area (Å²) in [6.45, 7) is 12.3. The zero-order chi connectivity index (χ0) is 24.6. The number of nitrogens with zero attached hydrogens (tertiary/aromatic N) is 6. The normalized spacial score (nSPS) is 11.8. The Bertz CT molecular complexity index is 1320. The number of pyridine rings is 1. The van der Waals surface area contributed by atoms with Crippen molar-refractivity contribution < 1.29 is 9.21 Å². The van der Waals surface area contributed by atoms with Gasteiger partial charge in [-0.2, -0.15) is 5.10 Å². The summed E-state index contributed by atoms with van der Waals surface area (Å²) in [6.07, 6.45) is 1.72. The molecule has 0 atom stereocenters. The number of carbonyl (C=O) groups is 1. The lowest BCUT2D eigenvalue weighted by molar-refractivity contribution is 0.0674. The molecule has 178 valence electrons. The largest absolute Gasteiger partial charge is 0.419 e. The third-order valence-corrected chi connectivity index (χ3v) is 5.99. The monoisotopic (exact) mass is 480 g/mol. The third-order valence-electron chi connectivity index (χ3n) is 5.66. The topological polar surface area (TPSA) is 89.9 Å². The molecule has 0 aliphatic heterocycles. The van der Waals surface area contributed by atoms with Crippen LogP contribution in [0, 0.1) is 0 Å². The molecule has 3 aromatic heterocycles. The van der Waals surface area contributed by atoms with Crippen LogP contribution in [0.15, 0.2) is 40.9 Å². The van der Waals surface area contributed by atoms with E-state index in [1.54, 1.807) is 17.2 Å². The molecule has 0 spiro atoms. The standard InChI is InChI=1S/C25H29ClN6O2/c1-14(2)21-11-18(19-12-27-32(16(5)6)23(19)28-21)25(33)31(15(3)4)13-22-29-30-24(34-22)17-9-7-8-10-20(17)26/h7-12,14-16H,13H2,1-6H3. The number of rotatable bonds is 7. The zero-order valence-electron chi connectivity index (χ0n) is 20.3. The average Bonchev–Trinajstić information content (AvgIpc) is 3.43. The van der Waals surface area contributed by atoms with Crippen molar-refractivity contribution in [3.63, 3.8) is 0 Å². The lowest BCUT2D eigenvalue weighted by atomic mass is 10.0. The molecule has 8 nitrogen and oxygen atoms in total. The molecule has 3 heterocycles. The second-order valence-electron chi connectivity index (χ2n) is 9.18. The molecule has 0 saturated heterocycles. The Morgan fingerprint density at radius 3 is 2.50 bits per heavy atom. The lowest BCUT2D eigenvalue weighted by Crippen LogP contribution is -2.36. The van der Waals surface area contributed by atoms with Gasteiger partial charge in [0, 0.05) is 17.8 Å². The molecule has 0 bridgehead atoms. The van der Waals surface area contributed by atoms with Crippen molar-refractivity contribution in [2.24, 2.45) is 0 Å². The highest BCUT2D eigenvalue weighted by atomic mass is 35.5. The molecule has 0 saturated carbocycles. The van der Waals surface area contributed by atoms with Gasteiger partial charge >= 0.3 is 0 Å². The van der Waals surface area contributed by atoms with E-state index >= 15 is 0 Å². The van der Waals surface area contributed by atoms with Gasteiger partial charge in [-0.3, -0.25) is 4.79 Å². The minimum atomic E-state index is -0.134. The SMILES string of the molecule is CC(C)c1cc(C(=O)N(Cc2nnc(-c3ccccc3Cl)o2)C(C)C)c2cnn(C(C)C)c2n1. The number of halogens is 1. The first-order chi connectivity index (χ1) is 16.2. The van der Waals surface area contributed by atoms with Gasteiger partial charge in [0.1, 0.15) is 0 Å². The van der Waals surface area contributed by atoms with Crippen molar-refractivity contribution in [1.82, 2.24) is 29.9 Å². The summed E-state index contributed by atoms with van der Waals surface area (Å²) in [6, 6.07) is 9.17. The molecule has 34 heavy (non-hydrogen) atoms. The third kappa shape index (κ3) is 4.55. The number of carbonyl (C=O) groups excluding carboxylic acids is 1. The Hall–Kier alpha value is -3.26. The lowest BCUT2D eigenvalue weighted by Gasteiger charge is -2.26. The summed E-state index contributed by atoms with van der Waals surface area (Å²) in [4.78, 5) is 20.4. The Balaban J connectivity index is 1.71. The Morgan fingerprint density at radius 1 is 1.12 bits per heavy atom. The van der Waals surface area contributed by atoms with Crippen LogP contribution in [0.3, 0.4) is 0 Å². The van der Waals surface area contributed by atoms with Gasteiger partial charge in [0.2, 0.25) is 11.8 Å². The van der Waals surface area contributed by atoms with E-state index in [1.807, 2.05) is 56.6 Å². The molecule has 1 amide bonds. The smallest absolute Gasteiger partial charge is 0.255 e. The van der Waals surface area contributed by atoms with Crippen LogP contribution >= 0.6 is 11.6 Å². The number of hydrogen-bond donors (Lipinski definition) is 0. The van der Waals surface area contributed by atoms with Crippen LogP contribution in [-0.4, -0.2) is 41.8 Å². The second kappa shape index (κ2) is 9.54. The van der Waals surface area contributed by atoms with Crippen LogP contribution in [0.25, 0.3) is 22.5 Å². The molecule has 0 aliphatic carbocycles. The number of amides is 1. The van der Waals surface area contributed by atoms with Crippen molar-refractivity contribution in [1.29, 1.82) is 0 Å². The predicted octanol–water partition coefficient (Wildman–Crippen LogP) is 5.89. The number of aromatic nitrogens is 5. The van der Waals surface area contributed by atoms with Gasteiger partial charge in [-0.25, -0.2) is 9.67 Å². The van der Waals surface area contributed by atoms with E-state index in [2.05, 4.69) is 29.1 Å².